The molecule has 0 spiro atoms. The fourth-order valence-electron chi connectivity index (χ4n) is 1.61. The highest BCUT2D eigenvalue weighted by Crippen LogP contribution is 2.21. The monoisotopic (exact) mass is 214 g/mol. The lowest BCUT2D eigenvalue weighted by Gasteiger charge is -1.93. The number of aryl methyl sites for hydroxylation is 1. The van der Waals surface area contributed by atoms with Gasteiger partial charge in [0.2, 0.25) is 5.78 Å². The molecular formula is C12H10N2O2. The number of carbonyl (C=O) groups is 1. The largest absolute Gasteiger partial charge is 0.464 e. The molecule has 1 heterocycles. The number of Topliss-reactive ketones (excluding diaryl/α,β-unsaturated/α-hetero) is 1. The summed E-state index contributed by atoms with van der Waals surface area (Å²) >= 11 is 0. The van der Waals surface area contributed by atoms with Crippen LogP contribution in [0.15, 0.2) is 34.9 Å². The van der Waals surface area contributed by atoms with E-state index in [1.165, 1.54) is 0 Å². The normalized spacial score (nSPS) is 10.0. The van der Waals surface area contributed by atoms with Crippen molar-refractivity contribution in [1.29, 1.82) is 0 Å². The molecule has 0 saturated carbocycles. The molecule has 4 heteroatoms. The second-order valence-corrected chi connectivity index (χ2v) is 3.47. The molecule has 0 aliphatic carbocycles. The predicted molar refractivity (Wildman–Crippen MR) is 59.2 cm³/mol. The van der Waals surface area contributed by atoms with E-state index < -0.39 is 0 Å². The first-order valence-electron chi connectivity index (χ1n) is 4.96. The number of fused-ring (bicyclic) bond motifs is 1. The van der Waals surface area contributed by atoms with Gasteiger partial charge < -0.3 is 9.95 Å². The number of hydrogen-bond acceptors (Lipinski definition) is 2. The first kappa shape index (κ1) is 10.3. The number of benzene rings is 1. The van der Waals surface area contributed by atoms with Gasteiger partial charge in [0.15, 0.2) is 0 Å². The van der Waals surface area contributed by atoms with Crippen molar-refractivity contribution < 1.29 is 14.0 Å². The number of nitrogens with zero attached hydrogens (tertiary/aromatic N) is 2. The lowest BCUT2D eigenvalue weighted by atomic mass is 10.1. The van der Waals surface area contributed by atoms with Gasteiger partial charge in [-0.2, -0.15) is 4.79 Å². The Labute approximate surface area is 92.1 Å². The van der Waals surface area contributed by atoms with Gasteiger partial charge in [-0.25, -0.2) is 0 Å². The van der Waals surface area contributed by atoms with E-state index >= 15 is 0 Å². The molecule has 0 saturated heterocycles. The SMILES string of the molecule is [N-]=[N+]=CC(=O)CCc1coc2ccccc12. The molecule has 16 heavy (non-hydrogen) atoms. The third-order valence-corrected chi connectivity index (χ3v) is 2.40. The van der Waals surface area contributed by atoms with Crippen molar-refractivity contribution in [3.05, 3.63) is 41.6 Å². The molecule has 4 nitrogen and oxygen atoms in total. The van der Waals surface area contributed by atoms with Crippen molar-refractivity contribution in [3.8, 4) is 0 Å². The Hall–Kier alpha value is -2.19. The maximum absolute atomic E-state index is 11.1. The second-order valence-electron chi connectivity index (χ2n) is 3.47. The van der Waals surface area contributed by atoms with Gasteiger partial charge >= 0.3 is 6.21 Å². The van der Waals surface area contributed by atoms with Gasteiger partial charge in [0, 0.05) is 11.8 Å². The molecule has 0 N–H and O–H groups in total. The van der Waals surface area contributed by atoms with Crippen LogP contribution in [0.5, 0.6) is 0 Å². The zero-order valence-electron chi connectivity index (χ0n) is 8.59. The molecule has 0 bridgehead atoms. The van der Waals surface area contributed by atoms with E-state index in [1.54, 1.807) is 6.26 Å². The van der Waals surface area contributed by atoms with Gasteiger partial charge in [0.1, 0.15) is 5.58 Å². The van der Waals surface area contributed by atoms with E-state index in [9.17, 15) is 4.79 Å². The molecule has 0 radical (unpaired) electrons. The van der Waals surface area contributed by atoms with E-state index in [2.05, 4.69) is 4.79 Å². The quantitative estimate of drug-likeness (QED) is 0.445. The topological polar surface area (TPSA) is 66.6 Å². The predicted octanol–water partition coefficient (Wildman–Crippen LogP) is 2.24. The number of furan rings is 1. The molecule has 0 amide bonds. The molecule has 1 aromatic carbocycles. The van der Waals surface area contributed by atoms with Crippen LogP contribution in [0.3, 0.4) is 0 Å². The number of carbonyl (C=O) groups excluding carboxylic acids is 1. The molecule has 2 aromatic rings. The Morgan fingerprint density at radius 3 is 3.06 bits per heavy atom. The Kier molecular flexibility index (Phi) is 2.94. The zero-order valence-corrected chi connectivity index (χ0v) is 8.59. The molecule has 0 aliphatic heterocycles. The first-order valence-corrected chi connectivity index (χ1v) is 4.96. The second kappa shape index (κ2) is 4.55. The van der Waals surface area contributed by atoms with Gasteiger partial charge in [0.05, 0.1) is 6.26 Å². The summed E-state index contributed by atoms with van der Waals surface area (Å²) < 4.78 is 5.35. The molecule has 2 rings (SSSR count). The highest BCUT2D eigenvalue weighted by atomic mass is 16.3. The minimum absolute atomic E-state index is 0.201. The molecule has 0 unspecified atom stereocenters. The number of ketones is 1. The molecular weight excluding hydrogens is 204 g/mol. The maximum atomic E-state index is 11.1. The summed E-state index contributed by atoms with van der Waals surface area (Å²) in [4.78, 5) is 13.8. The minimum atomic E-state index is -0.201. The standard InChI is InChI=1S/C12H10N2O2/c13-14-7-10(15)6-5-9-8-16-12-4-2-1-3-11(9)12/h1-4,7-8H,5-6H2. The van der Waals surface area contributed by atoms with Crippen molar-refractivity contribution in [2.45, 2.75) is 12.8 Å². The Morgan fingerprint density at radius 2 is 2.25 bits per heavy atom. The molecule has 0 aliphatic rings. The minimum Gasteiger partial charge on any atom is -0.464 e. The van der Waals surface area contributed by atoms with Crippen molar-refractivity contribution in [2.24, 2.45) is 0 Å². The number of rotatable bonds is 4. The Morgan fingerprint density at radius 1 is 1.44 bits per heavy atom. The smallest absolute Gasteiger partial charge is 0.323 e. The average Bonchev–Trinajstić information content (AvgIpc) is 2.70. The maximum Gasteiger partial charge on any atom is 0.323 e. The molecule has 0 fully saturated rings. The fourth-order valence-corrected chi connectivity index (χ4v) is 1.61. The summed E-state index contributed by atoms with van der Waals surface area (Å²) in [5.74, 6) is -0.201. The summed E-state index contributed by atoms with van der Waals surface area (Å²) in [5, 5.41) is 1.02. The highest BCUT2D eigenvalue weighted by Gasteiger charge is 2.08. The van der Waals surface area contributed by atoms with Crippen LogP contribution in [-0.4, -0.2) is 16.8 Å². The summed E-state index contributed by atoms with van der Waals surface area (Å²) in [6, 6.07) is 7.67. The van der Waals surface area contributed by atoms with Gasteiger partial charge in [-0.3, -0.25) is 4.79 Å². The lowest BCUT2D eigenvalue weighted by molar-refractivity contribution is -0.116. The summed E-state index contributed by atoms with van der Waals surface area (Å²) in [5.41, 5.74) is 10.0. The zero-order chi connectivity index (χ0) is 11.4. The van der Waals surface area contributed by atoms with Crippen LogP contribution in [0.25, 0.3) is 16.5 Å². The van der Waals surface area contributed by atoms with Gasteiger partial charge in [-0.05, 0) is 18.1 Å². The molecule has 80 valence electrons. The highest BCUT2D eigenvalue weighted by molar-refractivity contribution is 6.25. The average molecular weight is 214 g/mol. The Balaban J connectivity index is 2.16. The van der Waals surface area contributed by atoms with Crippen LogP contribution in [0.1, 0.15) is 12.0 Å². The van der Waals surface area contributed by atoms with E-state index in [-0.39, 0.29) is 5.78 Å². The van der Waals surface area contributed by atoms with Crippen molar-refractivity contribution in [3.63, 3.8) is 0 Å². The van der Waals surface area contributed by atoms with Crippen LogP contribution in [0.4, 0.5) is 0 Å². The van der Waals surface area contributed by atoms with E-state index in [1.807, 2.05) is 24.3 Å². The van der Waals surface area contributed by atoms with Gasteiger partial charge in [-0.15, -0.1) is 0 Å². The Bertz CT molecular complexity index is 565. The summed E-state index contributed by atoms with van der Waals surface area (Å²) in [6.07, 6.45) is 3.48. The van der Waals surface area contributed by atoms with Crippen LogP contribution in [0, 0.1) is 0 Å². The molecule has 1 aromatic heterocycles. The van der Waals surface area contributed by atoms with E-state index in [0.717, 1.165) is 22.7 Å². The third-order valence-electron chi connectivity index (χ3n) is 2.40. The third kappa shape index (κ3) is 2.07. The summed E-state index contributed by atoms with van der Waals surface area (Å²) in [6.45, 7) is 0. The van der Waals surface area contributed by atoms with Crippen LogP contribution in [0.2, 0.25) is 0 Å². The van der Waals surface area contributed by atoms with E-state index in [0.29, 0.717) is 12.8 Å². The van der Waals surface area contributed by atoms with Crippen LogP contribution < -0.4 is 0 Å². The first-order chi connectivity index (χ1) is 7.81. The number of hydrogen-bond donors (Lipinski definition) is 0. The van der Waals surface area contributed by atoms with Gasteiger partial charge in [-0.1, -0.05) is 18.2 Å². The van der Waals surface area contributed by atoms with Crippen molar-refractivity contribution >= 4 is 23.0 Å². The van der Waals surface area contributed by atoms with Crippen molar-refractivity contribution in [1.82, 2.24) is 0 Å². The summed E-state index contributed by atoms with van der Waals surface area (Å²) in [7, 11) is 0. The van der Waals surface area contributed by atoms with Crippen LogP contribution in [-0.2, 0) is 11.2 Å². The van der Waals surface area contributed by atoms with Crippen LogP contribution >= 0.6 is 0 Å². The molecule has 0 atom stereocenters. The lowest BCUT2D eigenvalue weighted by Crippen LogP contribution is -2.01. The van der Waals surface area contributed by atoms with Gasteiger partial charge in [0.25, 0.3) is 0 Å². The van der Waals surface area contributed by atoms with Crippen molar-refractivity contribution in [2.75, 3.05) is 0 Å². The fraction of sp³-hybridized carbons (Fsp3) is 0.167. The van der Waals surface area contributed by atoms with E-state index in [4.69, 9.17) is 9.95 Å². The number of para-hydroxylation sites is 1.